The fraction of sp³-hybridized carbons (Fsp3) is 0.385. The van der Waals surface area contributed by atoms with Gasteiger partial charge in [-0.1, -0.05) is 13.8 Å². The van der Waals surface area contributed by atoms with Gasteiger partial charge in [-0.15, -0.1) is 0 Å². The number of carbonyl (C=O) groups is 2. The van der Waals surface area contributed by atoms with Crippen molar-refractivity contribution in [3.05, 3.63) is 33.8 Å². The van der Waals surface area contributed by atoms with E-state index >= 15 is 0 Å². The van der Waals surface area contributed by atoms with Crippen LogP contribution in [0.15, 0.2) is 22.7 Å². The second kappa shape index (κ2) is 6.46. The quantitative estimate of drug-likeness (QED) is 0.857. The number of rotatable bonds is 4. The fourth-order valence-corrected chi connectivity index (χ4v) is 2.03. The van der Waals surface area contributed by atoms with E-state index in [1.807, 2.05) is 0 Å². The van der Waals surface area contributed by atoms with Crippen LogP contribution in [0.3, 0.4) is 0 Å². The van der Waals surface area contributed by atoms with E-state index in [0.29, 0.717) is 6.07 Å². The van der Waals surface area contributed by atoms with Crippen molar-refractivity contribution in [3.8, 4) is 0 Å². The molecular weight excluding hydrogens is 355 g/mol. The molecule has 21 heavy (non-hydrogen) atoms. The van der Waals surface area contributed by atoms with E-state index in [0.717, 1.165) is 12.1 Å². The van der Waals surface area contributed by atoms with Gasteiger partial charge in [0.25, 0.3) is 5.91 Å². The molecular formula is C13H13BrF3NO3. The Bertz CT molecular complexity index is 558. The molecule has 0 aliphatic carbocycles. The third-order valence-corrected chi connectivity index (χ3v) is 3.45. The minimum absolute atomic E-state index is 0.154. The normalized spacial score (nSPS) is 13.1. The van der Waals surface area contributed by atoms with Gasteiger partial charge in [0.2, 0.25) is 0 Å². The molecule has 0 spiro atoms. The Morgan fingerprint density at radius 1 is 1.29 bits per heavy atom. The zero-order valence-corrected chi connectivity index (χ0v) is 12.7. The highest BCUT2D eigenvalue weighted by Gasteiger charge is 2.32. The summed E-state index contributed by atoms with van der Waals surface area (Å²) in [5.41, 5.74) is -1.25. The number of alkyl halides is 3. The van der Waals surface area contributed by atoms with Crippen molar-refractivity contribution in [2.24, 2.45) is 5.92 Å². The van der Waals surface area contributed by atoms with Gasteiger partial charge in [0.1, 0.15) is 6.04 Å². The Kier molecular flexibility index (Phi) is 5.38. The summed E-state index contributed by atoms with van der Waals surface area (Å²) in [5.74, 6) is -2.54. The van der Waals surface area contributed by atoms with Crippen molar-refractivity contribution < 1.29 is 27.9 Å². The molecule has 0 aliphatic rings. The van der Waals surface area contributed by atoms with Crippen LogP contribution in [-0.2, 0) is 11.0 Å². The van der Waals surface area contributed by atoms with E-state index in [1.54, 1.807) is 13.8 Å². The first-order chi connectivity index (χ1) is 9.54. The highest BCUT2D eigenvalue weighted by molar-refractivity contribution is 9.10. The predicted molar refractivity (Wildman–Crippen MR) is 72.9 cm³/mol. The Hall–Kier alpha value is -1.57. The fourth-order valence-electron chi connectivity index (χ4n) is 1.61. The van der Waals surface area contributed by atoms with E-state index in [4.69, 9.17) is 5.11 Å². The van der Waals surface area contributed by atoms with Gasteiger partial charge < -0.3 is 10.4 Å². The van der Waals surface area contributed by atoms with Gasteiger partial charge in [0, 0.05) is 4.47 Å². The number of halogens is 4. The average Bonchev–Trinajstić information content (AvgIpc) is 2.33. The molecule has 0 saturated carbocycles. The van der Waals surface area contributed by atoms with E-state index in [1.165, 1.54) is 0 Å². The molecule has 116 valence electrons. The SMILES string of the molecule is CC(C)[C@@H](NC(=O)c1cc(C(F)(F)F)ccc1Br)C(=O)O. The predicted octanol–water partition coefficient (Wildman–Crippen LogP) is 3.31. The van der Waals surface area contributed by atoms with Crippen LogP contribution in [0.4, 0.5) is 13.2 Å². The van der Waals surface area contributed by atoms with E-state index in [-0.39, 0.29) is 10.0 Å². The summed E-state index contributed by atoms with van der Waals surface area (Å²) in [5, 5.41) is 11.2. The van der Waals surface area contributed by atoms with Crippen molar-refractivity contribution in [2.75, 3.05) is 0 Å². The van der Waals surface area contributed by atoms with Crippen molar-refractivity contribution >= 4 is 27.8 Å². The van der Waals surface area contributed by atoms with Crippen molar-refractivity contribution in [1.82, 2.24) is 5.32 Å². The van der Waals surface area contributed by atoms with E-state index < -0.39 is 35.6 Å². The summed E-state index contributed by atoms with van der Waals surface area (Å²) in [6, 6.07) is 1.43. The molecule has 0 fully saturated rings. The molecule has 0 heterocycles. The number of carboxylic acid groups (broad SMARTS) is 1. The smallest absolute Gasteiger partial charge is 0.416 e. The van der Waals surface area contributed by atoms with Crippen LogP contribution in [0.2, 0.25) is 0 Å². The van der Waals surface area contributed by atoms with E-state index in [2.05, 4.69) is 21.2 Å². The largest absolute Gasteiger partial charge is 0.480 e. The average molecular weight is 368 g/mol. The molecule has 0 radical (unpaired) electrons. The summed E-state index contributed by atoms with van der Waals surface area (Å²) in [6.07, 6.45) is -4.58. The molecule has 0 saturated heterocycles. The van der Waals surface area contributed by atoms with Crippen molar-refractivity contribution in [1.29, 1.82) is 0 Å². The Balaban J connectivity index is 3.10. The molecule has 0 unspecified atom stereocenters. The Morgan fingerprint density at radius 2 is 1.86 bits per heavy atom. The lowest BCUT2D eigenvalue weighted by atomic mass is 10.0. The van der Waals surface area contributed by atoms with Gasteiger partial charge in [-0.3, -0.25) is 4.79 Å². The molecule has 8 heteroatoms. The van der Waals surface area contributed by atoms with Gasteiger partial charge in [-0.25, -0.2) is 4.79 Å². The Labute approximate surface area is 127 Å². The Morgan fingerprint density at radius 3 is 2.29 bits per heavy atom. The number of amides is 1. The lowest BCUT2D eigenvalue weighted by molar-refractivity contribution is -0.140. The standard InChI is InChI=1S/C13H13BrF3NO3/c1-6(2)10(12(20)21)18-11(19)8-5-7(13(15,16)17)3-4-9(8)14/h3-6,10H,1-2H3,(H,18,19)(H,20,21)/t10-/m1/s1. The maximum atomic E-state index is 12.6. The number of carbonyl (C=O) groups excluding carboxylic acids is 1. The summed E-state index contributed by atoms with van der Waals surface area (Å²) >= 11 is 2.99. The first-order valence-electron chi connectivity index (χ1n) is 5.94. The number of hydrogen-bond acceptors (Lipinski definition) is 2. The van der Waals surface area contributed by atoms with Crippen molar-refractivity contribution in [2.45, 2.75) is 26.1 Å². The molecule has 0 bridgehead atoms. The number of carboxylic acids is 1. The highest BCUT2D eigenvalue weighted by Crippen LogP contribution is 2.31. The zero-order valence-electron chi connectivity index (χ0n) is 11.2. The van der Waals surface area contributed by atoms with Crippen LogP contribution >= 0.6 is 15.9 Å². The third kappa shape index (κ3) is 4.45. The maximum Gasteiger partial charge on any atom is 0.416 e. The second-order valence-corrected chi connectivity index (χ2v) is 5.58. The van der Waals surface area contributed by atoms with Gasteiger partial charge >= 0.3 is 12.1 Å². The van der Waals surface area contributed by atoms with Gasteiger partial charge in [-0.05, 0) is 40.0 Å². The third-order valence-electron chi connectivity index (χ3n) is 2.76. The van der Waals surface area contributed by atoms with Gasteiger partial charge in [0.15, 0.2) is 0 Å². The first-order valence-corrected chi connectivity index (χ1v) is 6.73. The molecule has 0 aromatic heterocycles. The minimum Gasteiger partial charge on any atom is -0.480 e. The molecule has 1 amide bonds. The van der Waals surface area contributed by atoms with Crippen LogP contribution in [0, 0.1) is 5.92 Å². The zero-order chi connectivity index (χ0) is 16.4. The van der Waals surface area contributed by atoms with Crippen LogP contribution < -0.4 is 5.32 Å². The molecule has 0 aliphatic heterocycles. The van der Waals surface area contributed by atoms with Gasteiger partial charge in [-0.2, -0.15) is 13.2 Å². The number of aliphatic carboxylic acids is 1. The summed E-state index contributed by atoms with van der Waals surface area (Å²) in [7, 11) is 0. The number of benzene rings is 1. The molecule has 1 atom stereocenters. The number of nitrogens with one attached hydrogen (secondary N) is 1. The van der Waals surface area contributed by atoms with Crippen LogP contribution in [0.5, 0.6) is 0 Å². The van der Waals surface area contributed by atoms with Crippen LogP contribution in [0.1, 0.15) is 29.8 Å². The second-order valence-electron chi connectivity index (χ2n) is 4.73. The monoisotopic (exact) mass is 367 g/mol. The van der Waals surface area contributed by atoms with Crippen LogP contribution in [-0.4, -0.2) is 23.0 Å². The van der Waals surface area contributed by atoms with E-state index in [9.17, 15) is 22.8 Å². The molecule has 1 aromatic rings. The minimum atomic E-state index is -4.58. The highest BCUT2D eigenvalue weighted by atomic mass is 79.9. The van der Waals surface area contributed by atoms with Crippen LogP contribution in [0.25, 0.3) is 0 Å². The molecule has 4 nitrogen and oxygen atoms in total. The molecule has 1 aromatic carbocycles. The lowest BCUT2D eigenvalue weighted by Gasteiger charge is -2.18. The molecule has 1 rings (SSSR count). The van der Waals surface area contributed by atoms with Gasteiger partial charge in [0.05, 0.1) is 11.1 Å². The topological polar surface area (TPSA) is 66.4 Å². The maximum absolute atomic E-state index is 12.6. The number of hydrogen-bond donors (Lipinski definition) is 2. The first kappa shape index (κ1) is 17.5. The molecule has 2 N–H and O–H groups in total. The summed E-state index contributed by atoms with van der Waals surface area (Å²) in [6.45, 7) is 3.17. The lowest BCUT2D eigenvalue weighted by Crippen LogP contribution is -2.44. The van der Waals surface area contributed by atoms with Crippen molar-refractivity contribution in [3.63, 3.8) is 0 Å². The summed E-state index contributed by atoms with van der Waals surface area (Å²) in [4.78, 5) is 23.0. The summed E-state index contributed by atoms with van der Waals surface area (Å²) < 4.78 is 38.1.